The first kappa shape index (κ1) is 24.0. The van der Waals surface area contributed by atoms with E-state index in [-0.39, 0.29) is 5.82 Å². The maximum atomic E-state index is 15.2. The molecule has 0 nitrogen and oxygen atoms in total. The maximum Gasteiger partial charge on any atom is 0.129 e. The summed E-state index contributed by atoms with van der Waals surface area (Å²) < 4.78 is 15.2. The minimum Gasteiger partial charge on any atom is -0.206 e. The fourth-order valence-corrected chi connectivity index (χ4v) is 6.83. The highest BCUT2D eigenvalue weighted by Crippen LogP contribution is 2.39. The fourth-order valence-electron chi connectivity index (χ4n) is 6.83. The number of rotatable bonds is 6. The van der Waals surface area contributed by atoms with Gasteiger partial charge in [-0.25, -0.2) is 4.39 Å². The molecule has 0 spiro atoms. The SMILES string of the molecule is Cc1c(/C=C/C2CCC(C)CC2)ccc(CC2CCC(CC3CCC(C)CC3)CC2)c1F. The Hall–Kier alpha value is -1.11. The summed E-state index contributed by atoms with van der Waals surface area (Å²) in [6, 6.07) is 4.26. The first-order valence-corrected chi connectivity index (χ1v) is 13.9. The second kappa shape index (κ2) is 11.3. The molecule has 0 saturated heterocycles. The lowest BCUT2D eigenvalue weighted by molar-refractivity contribution is 0.195. The summed E-state index contributed by atoms with van der Waals surface area (Å²) in [5, 5.41) is 0. The van der Waals surface area contributed by atoms with E-state index >= 15 is 4.39 Å². The summed E-state index contributed by atoms with van der Waals surface area (Å²) in [6.07, 6.45) is 23.4. The van der Waals surface area contributed by atoms with Crippen LogP contribution < -0.4 is 0 Å². The van der Waals surface area contributed by atoms with Crippen LogP contribution in [0.5, 0.6) is 0 Å². The predicted octanol–water partition coefficient (Wildman–Crippen LogP) is 9.54. The number of halogens is 1. The van der Waals surface area contributed by atoms with Gasteiger partial charge in [-0.1, -0.05) is 89.5 Å². The lowest BCUT2D eigenvalue weighted by atomic mass is 9.72. The molecule has 1 aromatic carbocycles. The average Bonchev–Trinajstić information content (AvgIpc) is 2.80. The van der Waals surface area contributed by atoms with Crippen molar-refractivity contribution in [1.82, 2.24) is 0 Å². The van der Waals surface area contributed by atoms with E-state index in [9.17, 15) is 0 Å². The van der Waals surface area contributed by atoms with E-state index in [1.807, 2.05) is 6.92 Å². The fraction of sp³-hybridized carbons (Fsp3) is 0.742. The van der Waals surface area contributed by atoms with Crippen LogP contribution in [-0.2, 0) is 6.42 Å². The van der Waals surface area contributed by atoms with Crippen molar-refractivity contribution < 1.29 is 4.39 Å². The Morgan fingerprint density at radius 3 is 1.91 bits per heavy atom. The Kier molecular flexibility index (Phi) is 8.52. The van der Waals surface area contributed by atoms with Crippen molar-refractivity contribution >= 4 is 6.08 Å². The largest absolute Gasteiger partial charge is 0.206 e. The maximum absolute atomic E-state index is 15.2. The predicted molar refractivity (Wildman–Crippen MR) is 136 cm³/mol. The van der Waals surface area contributed by atoms with Gasteiger partial charge < -0.3 is 0 Å². The minimum absolute atomic E-state index is 0.0582. The van der Waals surface area contributed by atoms with Gasteiger partial charge in [-0.15, -0.1) is 0 Å². The molecule has 0 bridgehead atoms. The van der Waals surface area contributed by atoms with E-state index in [2.05, 4.69) is 38.1 Å². The summed E-state index contributed by atoms with van der Waals surface area (Å²) in [4.78, 5) is 0. The van der Waals surface area contributed by atoms with E-state index in [1.54, 1.807) is 0 Å². The summed E-state index contributed by atoms with van der Waals surface area (Å²) in [7, 11) is 0. The number of allylic oxidation sites excluding steroid dienone is 1. The lowest BCUT2D eigenvalue weighted by Crippen LogP contribution is -2.21. The van der Waals surface area contributed by atoms with Gasteiger partial charge in [0.1, 0.15) is 5.82 Å². The summed E-state index contributed by atoms with van der Waals surface area (Å²) in [6.45, 7) is 6.76. The zero-order chi connectivity index (χ0) is 22.5. The minimum atomic E-state index is 0.0582. The molecule has 3 aliphatic rings. The van der Waals surface area contributed by atoms with Crippen LogP contribution in [0.3, 0.4) is 0 Å². The van der Waals surface area contributed by atoms with E-state index in [4.69, 9.17) is 0 Å². The van der Waals surface area contributed by atoms with Crippen molar-refractivity contribution in [1.29, 1.82) is 0 Å². The van der Waals surface area contributed by atoms with Gasteiger partial charge in [0, 0.05) is 0 Å². The van der Waals surface area contributed by atoms with Gasteiger partial charge in [0.05, 0.1) is 0 Å². The highest BCUT2D eigenvalue weighted by molar-refractivity contribution is 5.55. The molecule has 0 unspecified atom stereocenters. The lowest BCUT2D eigenvalue weighted by Gasteiger charge is -2.33. The van der Waals surface area contributed by atoms with Gasteiger partial charge in [-0.2, -0.15) is 0 Å². The van der Waals surface area contributed by atoms with Gasteiger partial charge in [0.15, 0.2) is 0 Å². The summed E-state index contributed by atoms with van der Waals surface area (Å²) >= 11 is 0. The third-order valence-corrected chi connectivity index (χ3v) is 9.39. The molecule has 0 N–H and O–H groups in total. The molecule has 0 atom stereocenters. The Morgan fingerprint density at radius 1 is 0.750 bits per heavy atom. The molecule has 3 aliphatic carbocycles. The summed E-state index contributed by atoms with van der Waals surface area (Å²) in [5.74, 6) is 5.18. The Labute approximate surface area is 197 Å². The van der Waals surface area contributed by atoms with Crippen molar-refractivity contribution in [3.8, 4) is 0 Å². The molecule has 4 rings (SSSR count). The topological polar surface area (TPSA) is 0 Å². The number of benzene rings is 1. The molecule has 1 aromatic rings. The Balaban J connectivity index is 1.26. The second-order valence-electron chi connectivity index (χ2n) is 12.1. The van der Waals surface area contributed by atoms with Gasteiger partial charge in [-0.3, -0.25) is 0 Å². The van der Waals surface area contributed by atoms with Crippen LogP contribution in [-0.4, -0.2) is 0 Å². The van der Waals surface area contributed by atoms with Crippen molar-refractivity contribution in [2.24, 2.45) is 35.5 Å². The smallest absolute Gasteiger partial charge is 0.129 e. The number of hydrogen-bond acceptors (Lipinski definition) is 0. The molecule has 0 aromatic heterocycles. The molecule has 0 aliphatic heterocycles. The molecule has 0 heterocycles. The zero-order valence-electron chi connectivity index (χ0n) is 21.1. The standard InChI is InChI=1S/C31H47F/c1-22-4-8-25(9-5-22)16-17-29-18-19-30(31(32)24(29)3)21-28-14-12-27(13-15-28)20-26-10-6-23(2)7-11-26/h16-19,22-23,25-28H,4-15,20-21H2,1-3H3/b17-16+. The van der Waals surface area contributed by atoms with Gasteiger partial charge in [0.25, 0.3) is 0 Å². The second-order valence-corrected chi connectivity index (χ2v) is 12.1. The molecule has 3 saturated carbocycles. The highest BCUT2D eigenvalue weighted by Gasteiger charge is 2.26. The van der Waals surface area contributed by atoms with Gasteiger partial charge >= 0.3 is 0 Å². The Morgan fingerprint density at radius 2 is 1.28 bits per heavy atom. The third-order valence-electron chi connectivity index (χ3n) is 9.39. The van der Waals surface area contributed by atoms with Crippen LogP contribution in [0.4, 0.5) is 4.39 Å². The first-order chi connectivity index (χ1) is 15.5. The van der Waals surface area contributed by atoms with Gasteiger partial charge in [-0.05, 0) is 97.6 Å². The van der Waals surface area contributed by atoms with Crippen molar-refractivity contribution in [2.45, 2.75) is 111 Å². The molecule has 0 amide bonds. The third kappa shape index (κ3) is 6.48. The van der Waals surface area contributed by atoms with Crippen molar-refractivity contribution in [2.75, 3.05) is 0 Å². The average molecular weight is 439 g/mol. The molecule has 32 heavy (non-hydrogen) atoms. The van der Waals surface area contributed by atoms with E-state index in [0.717, 1.165) is 46.8 Å². The van der Waals surface area contributed by atoms with Crippen LogP contribution in [0, 0.1) is 48.2 Å². The van der Waals surface area contributed by atoms with Crippen LogP contribution in [0.1, 0.15) is 114 Å². The quantitative estimate of drug-likeness (QED) is 0.415. The summed E-state index contributed by atoms with van der Waals surface area (Å²) in [5.41, 5.74) is 2.88. The normalized spacial score (nSPS) is 34.1. The van der Waals surface area contributed by atoms with E-state index in [0.29, 0.717) is 11.8 Å². The van der Waals surface area contributed by atoms with E-state index < -0.39 is 0 Å². The van der Waals surface area contributed by atoms with Crippen LogP contribution in [0.2, 0.25) is 0 Å². The molecule has 3 fully saturated rings. The van der Waals surface area contributed by atoms with Crippen LogP contribution in [0.15, 0.2) is 18.2 Å². The molecule has 0 radical (unpaired) electrons. The van der Waals surface area contributed by atoms with Crippen molar-refractivity contribution in [3.63, 3.8) is 0 Å². The molecular weight excluding hydrogens is 391 g/mol. The molecule has 178 valence electrons. The van der Waals surface area contributed by atoms with Crippen molar-refractivity contribution in [3.05, 3.63) is 40.7 Å². The van der Waals surface area contributed by atoms with Gasteiger partial charge in [0.2, 0.25) is 0 Å². The molecular formula is C31H47F. The highest BCUT2D eigenvalue weighted by atomic mass is 19.1. The Bertz CT molecular complexity index is 738. The first-order valence-electron chi connectivity index (χ1n) is 13.9. The van der Waals surface area contributed by atoms with Crippen LogP contribution >= 0.6 is 0 Å². The van der Waals surface area contributed by atoms with Crippen LogP contribution in [0.25, 0.3) is 6.08 Å². The zero-order valence-corrected chi connectivity index (χ0v) is 21.1. The monoisotopic (exact) mass is 438 g/mol. The van der Waals surface area contributed by atoms with E-state index in [1.165, 1.54) is 83.5 Å². The number of hydrogen-bond donors (Lipinski definition) is 0. The molecule has 1 heteroatoms.